The number of benzene rings is 2. The van der Waals surface area contributed by atoms with Crippen LogP contribution in [0.4, 0.5) is 23.9 Å². The minimum absolute atomic E-state index is 0.00730. The molecule has 3 aromatic rings. The number of carbonyl (C=O) groups excluding carboxylic acids is 4. The van der Waals surface area contributed by atoms with E-state index in [1.54, 1.807) is 19.9 Å². The molecule has 0 fully saturated rings. The standard InChI is InChI=1S/C34H33BrF3N5O10/c1-5-17(2)39-32-40-25-15-42(29(47)20-8-11-24(35)23(13-20)34(36,37)38)18(3)12-22(25)30(48)43(32)21-9-6-19(7-10-21)28(46)41(4)33(51)53-16-52-27(45)14-26(44)31(49)50/h5-11,13,17-18,26,44H,1,12,14-16H2,2-4H3,(H,39,40)(H,49,50)/t17-,18+,26+/m0/s1. The number of aliphatic carboxylic acids is 1. The molecular weight excluding hydrogens is 775 g/mol. The average molecular weight is 809 g/mol. The van der Waals surface area contributed by atoms with Crippen LogP contribution in [0.15, 0.2) is 64.4 Å². The summed E-state index contributed by atoms with van der Waals surface area (Å²) >= 11 is 2.88. The lowest BCUT2D eigenvalue weighted by Gasteiger charge is -2.35. The zero-order valence-corrected chi connectivity index (χ0v) is 29.9. The van der Waals surface area contributed by atoms with Gasteiger partial charge in [0.05, 0.1) is 29.9 Å². The molecule has 3 atom stereocenters. The number of aliphatic hydroxyl groups excluding tert-OH is 1. The first kappa shape index (κ1) is 40.2. The molecule has 0 radical (unpaired) electrons. The largest absolute Gasteiger partial charge is 0.479 e. The number of carboxylic acid groups (broad SMARTS) is 1. The Balaban J connectivity index is 1.57. The highest BCUT2D eigenvalue weighted by atomic mass is 79.9. The molecule has 0 spiro atoms. The molecule has 2 heterocycles. The Morgan fingerprint density at radius 1 is 1.13 bits per heavy atom. The number of esters is 1. The van der Waals surface area contributed by atoms with Gasteiger partial charge in [0.1, 0.15) is 0 Å². The second-order valence-corrected chi connectivity index (χ2v) is 12.7. The number of amides is 3. The van der Waals surface area contributed by atoms with E-state index in [0.29, 0.717) is 4.90 Å². The first-order valence-electron chi connectivity index (χ1n) is 15.7. The van der Waals surface area contributed by atoms with Crippen LogP contribution in [-0.4, -0.2) is 91.4 Å². The molecule has 4 rings (SSSR count). The number of carboxylic acids is 1. The molecule has 1 aromatic heterocycles. The number of nitrogens with zero attached hydrogens (tertiary/aromatic N) is 4. The zero-order valence-electron chi connectivity index (χ0n) is 28.3. The fraction of sp³-hybridized carbons (Fsp3) is 0.324. The van der Waals surface area contributed by atoms with E-state index < -0.39 is 78.5 Å². The van der Waals surface area contributed by atoms with Gasteiger partial charge in [-0.25, -0.2) is 24.0 Å². The highest BCUT2D eigenvalue weighted by molar-refractivity contribution is 9.10. The summed E-state index contributed by atoms with van der Waals surface area (Å²) in [5, 5.41) is 20.9. The molecule has 1 aliphatic rings. The molecule has 0 aliphatic carbocycles. The SMILES string of the molecule is C=C[C@H](C)Nc1nc2c(c(=O)n1-c1ccc(C(=O)N(C)C(=O)OCOC(=O)C[C@@H](O)C(=O)O)cc1)C[C@@H](C)N(C(=O)c1ccc(Br)c(C(F)(F)F)c1)C2. The Labute approximate surface area is 307 Å². The lowest BCUT2D eigenvalue weighted by Crippen LogP contribution is -2.46. The molecule has 0 bridgehead atoms. The van der Waals surface area contributed by atoms with Gasteiger partial charge < -0.3 is 29.9 Å². The molecule has 15 nitrogen and oxygen atoms in total. The summed E-state index contributed by atoms with van der Waals surface area (Å²) in [7, 11) is 1.09. The first-order chi connectivity index (χ1) is 24.8. The van der Waals surface area contributed by atoms with Crippen LogP contribution in [0.1, 0.15) is 57.8 Å². The number of hydrogen-bond acceptors (Lipinski definition) is 11. The average Bonchev–Trinajstić information content (AvgIpc) is 3.10. The van der Waals surface area contributed by atoms with Gasteiger partial charge >= 0.3 is 24.2 Å². The summed E-state index contributed by atoms with van der Waals surface area (Å²) in [6, 6.07) is 7.71. The molecule has 53 heavy (non-hydrogen) atoms. The monoisotopic (exact) mass is 807 g/mol. The predicted octanol–water partition coefficient (Wildman–Crippen LogP) is 4.13. The number of aromatic nitrogens is 2. The first-order valence-corrected chi connectivity index (χ1v) is 16.5. The third-order valence-electron chi connectivity index (χ3n) is 8.10. The highest BCUT2D eigenvalue weighted by Gasteiger charge is 2.36. The summed E-state index contributed by atoms with van der Waals surface area (Å²) < 4.78 is 51.0. The molecule has 1 aliphatic heterocycles. The minimum atomic E-state index is -4.70. The van der Waals surface area contributed by atoms with Crippen molar-refractivity contribution in [3.8, 4) is 5.69 Å². The number of anilines is 1. The van der Waals surface area contributed by atoms with Crippen LogP contribution in [0.3, 0.4) is 0 Å². The second kappa shape index (κ2) is 16.4. The van der Waals surface area contributed by atoms with Crippen LogP contribution in [0.5, 0.6) is 0 Å². The van der Waals surface area contributed by atoms with Crippen LogP contribution in [-0.2, 0) is 38.2 Å². The lowest BCUT2D eigenvalue weighted by molar-refractivity contribution is -0.160. The van der Waals surface area contributed by atoms with Crippen LogP contribution in [0.2, 0.25) is 0 Å². The number of ether oxygens (including phenoxy) is 2. The number of imide groups is 1. The maximum Gasteiger partial charge on any atom is 0.419 e. The fourth-order valence-corrected chi connectivity index (χ4v) is 5.62. The highest BCUT2D eigenvalue weighted by Crippen LogP contribution is 2.36. The second-order valence-electron chi connectivity index (χ2n) is 11.9. The number of rotatable bonds is 11. The quantitative estimate of drug-likeness (QED) is 0.143. The van der Waals surface area contributed by atoms with Gasteiger partial charge in [0.2, 0.25) is 12.7 Å². The molecule has 0 saturated heterocycles. The Morgan fingerprint density at radius 3 is 2.38 bits per heavy atom. The van der Waals surface area contributed by atoms with Gasteiger partial charge in [-0.05, 0) is 62.7 Å². The van der Waals surface area contributed by atoms with E-state index in [1.807, 2.05) is 0 Å². The Kier molecular flexibility index (Phi) is 12.5. The van der Waals surface area contributed by atoms with E-state index in [2.05, 4.69) is 37.5 Å². The predicted molar refractivity (Wildman–Crippen MR) is 183 cm³/mol. The van der Waals surface area contributed by atoms with Crippen molar-refractivity contribution in [2.45, 2.75) is 57.6 Å². The molecule has 0 unspecified atom stereocenters. The van der Waals surface area contributed by atoms with Gasteiger partial charge in [-0.1, -0.05) is 22.0 Å². The van der Waals surface area contributed by atoms with Crippen molar-refractivity contribution >= 4 is 51.7 Å². The normalized spacial score (nSPS) is 15.0. The molecular formula is C34H33BrF3N5O10. The van der Waals surface area contributed by atoms with Crippen LogP contribution in [0.25, 0.3) is 5.69 Å². The van der Waals surface area contributed by atoms with Gasteiger partial charge in [-0.2, -0.15) is 13.2 Å². The van der Waals surface area contributed by atoms with Crippen LogP contribution >= 0.6 is 15.9 Å². The Hall–Kier alpha value is -5.56. The van der Waals surface area contributed by atoms with Gasteiger partial charge in [-0.15, -0.1) is 6.58 Å². The number of halogens is 4. The van der Waals surface area contributed by atoms with Gasteiger partial charge in [0.15, 0.2) is 6.10 Å². The topological polar surface area (TPSA) is 198 Å². The van der Waals surface area contributed by atoms with Crippen molar-refractivity contribution < 1.29 is 56.8 Å². The van der Waals surface area contributed by atoms with Crippen molar-refractivity contribution in [3.63, 3.8) is 0 Å². The van der Waals surface area contributed by atoms with E-state index in [-0.39, 0.29) is 51.5 Å². The zero-order chi connectivity index (χ0) is 39.4. The van der Waals surface area contributed by atoms with E-state index in [9.17, 15) is 47.0 Å². The number of alkyl halides is 3. The Bertz CT molecular complexity index is 2000. The van der Waals surface area contributed by atoms with E-state index in [4.69, 9.17) is 9.84 Å². The fourth-order valence-electron chi connectivity index (χ4n) is 5.15. The number of carbonyl (C=O) groups is 5. The molecule has 282 valence electrons. The summed E-state index contributed by atoms with van der Waals surface area (Å²) in [6.45, 7) is 6.01. The Morgan fingerprint density at radius 2 is 1.77 bits per heavy atom. The number of nitrogens with one attached hydrogen (secondary N) is 1. The van der Waals surface area contributed by atoms with Crippen LogP contribution < -0.4 is 10.9 Å². The number of hydrogen-bond donors (Lipinski definition) is 3. The van der Waals surface area contributed by atoms with Gasteiger partial charge in [0.25, 0.3) is 17.4 Å². The van der Waals surface area contributed by atoms with Crippen molar-refractivity contribution in [3.05, 3.63) is 97.9 Å². The third kappa shape index (κ3) is 9.28. The summed E-state index contributed by atoms with van der Waals surface area (Å²) in [5.74, 6) is -4.27. The van der Waals surface area contributed by atoms with Crippen molar-refractivity contribution in [1.29, 1.82) is 0 Å². The van der Waals surface area contributed by atoms with Crippen molar-refractivity contribution in [1.82, 2.24) is 19.4 Å². The summed E-state index contributed by atoms with van der Waals surface area (Å²) in [6.07, 6.45) is -7.23. The molecule has 2 aromatic carbocycles. The lowest BCUT2D eigenvalue weighted by atomic mass is 9.98. The van der Waals surface area contributed by atoms with Crippen LogP contribution in [0, 0.1) is 0 Å². The van der Waals surface area contributed by atoms with E-state index in [1.165, 1.54) is 39.8 Å². The smallest absolute Gasteiger partial charge is 0.419 e. The molecule has 0 saturated carbocycles. The van der Waals surface area contributed by atoms with Crippen molar-refractivity contribution in [2.24, 2.45) is 0 Å². The maximum atomic E-state index is 14.1. The molecule has 19 heteroatoms. The number of fused-ring (bicyclic) bond motifs is 1. The summed E-state index contributed by atoms with van der Waals surface area (Å²) in [4.78, 5) is 81.7. The maximum absolute atomic E-state index is 14.1. The number of aliphatic hydroxyl groups is 1. The third-order valence-corrected chi connectivity index (χ3v) is 8.79. The molecule has 3 N–H and O–H groups in total. The minimum Gasteiger partial charge on any atom is -0.479 e. The van der Waals surface area contributed by atoms with Gasteiger partial charge in [-0.3, -0.25) is 19.2 Å². The van der Waals surface area contributed by atoms with Crippen molar-refractivity contribution in [2.75, 3.05) is 19.2 Å². The van der Waals surface area contributed by atoms with Gasteiger partial charge in [0, 0.05) is 40.3 Å². The molecule has 3 amide bonds. The van der Waals surface area contributed by atoms with E-state index in [0.717, 1.165) is 19.2 Å². The summed E-state index contributed by atoms with van der Waals surface area (Å²) in [5.41, 5.74) is -0.926. The van der Waals surface area contributed by atoms with E-state index >= 15 is 0 Å².